The number of carboxylic acids is 2. The van der Waals surface area contributed by atoms with E-state index in [1.54, 1.807) is 24.3 Å². The Morgan fingerprint density at radius 1 is 1.19 bits per heavy atom. The van der Waals surface area contributed by atoms with Gasteiger partial charge in [-0.1, -0.05) is 15.9 Å². The molecule has 2 aromatic rings. The van der Waals surface area contributed by atoms with E-state index in [9.17, 15) is 24.3 Å². The fourth-order valence-corrected chi connectivity index (χ4v) is 2.39. The number of hydrogen-bond donors (Lipinski definition) is 4. The standard InChI is InChI=1S/C16H14BrN3O7/c17-8-1-3-9(4-2-8)20-12(22)7-11(21)14(19-20)15(25)18-10(16(26)27)5-6-13(23)24/h1-4,7,10,21H,5-6H2,(H,18,25)(H,23,24)(H,26,27). The lowest BCUT2D eigenvalue weighted by molar-refractivity contribution is -0.140. The van der Waals surface area contributed by atoms with E-state index in [-0.39, 0.29) is 6.42 Å². The molecule has 27 heavy (non-hydrogen) atoms. The molecule has 1 unspecified atom stereocenters. The van der Waals surface area contributed by atoms with Gasteiger partial charge in [-0.2, -0.15) is 9.78 Å². The fraction of sp³-hybridized carbons (Fsp3) is 0.188. The van der Waals surface area contributed by atoms with Crippen molar-refractivity contribution < 1.29 is 29.7 Å². The van der Waals surface area contributed by atoms with Crippen molar-refractivity contribution in [1.29, 1.82) is 0 Å². The maximum atomic E-state index is 12.3. The smallest absolute Gasteiger partial charge is 0.326 e. The van der Waals surface area contributed by atoms with Crippen molar-refractivity contribution in [3.05, 3.63) is 50.9 Å². The van der Waals surface area contributed by atoms with E-state index in [1.807, 2.05) is 0 Å². The van der Waals surface area contributed by atoms with E-state index >= 15 is 0 Å². The first-order valence-corrected chi connectivity index (χ1v) is 8.33. The Labute approximate surface area is 160 Å². The van der Waals surface area contributed by atoms with Crippen LogP contribution >= 0.6 is 15.9 Å². The minimum atomic E-state index is -1.50. The summed E-state index contributed by atoms with van der Waals surface area (Å²) in [4.78, 5) is 46.1. The minimum Gasteiger partial charge on any atom is -0.505 e. The molecule has 142 valence electrons. The molecule has 4 N–H and O–H groups in total. The van der Waals surface area contributed by atoms with Crippen LogP contribution < -0.4 is 10.9 Å². The van der Waals surface area contributed by atoms with Crippen molar-refractivity contribution in [2.45, 2.75) is 18.9 Å². The zero-order chi connectivity index (χ0) is 20.1. The number of carboxylic acid groups (broad SMARTS) is 2. The van der Waals surface area contributed by atoms with Crippen LogP contribution in [0.5, 0.6) is 5.75 Å². The number of hydrogen-bond acceptors (Lipinski definition) is 6. The monoisotopic (exact) mass is 439 g/mol. The fourth-order valence-electron chi connectivity index (χ4n) is 2.13. The van der Waals surface area contributed by atoms with Gasteiger partial charge in [0.15, 0.2) is 11.4 Å². The molecule has 0 aliphatic heterocycles. The third-order valence-electron chi connectivity index (χ3n) is 3.45. The summed E-state index contributed by atoms with van der Waals surface area (Å²) >= 11 is 3.24. The largest absolute Gasteiger partial charge is 0.505 e. The molecule has 1 atom stereocenters. The predicted molar refractivity (Wildman–Crippen MR) is 95.0 cm³/mol. The van der Waals surface area contributed by atoms with Gasteiger partial charge in [0.2, 0.25) is 0 Å². The number of nitrogens with one attached hydrogen (secondary N) is 1. The highest BCUT2D eigenvalue weighted by Crippen LogP contribution is 2.15. The molecule has 2 rings (SSSR count). The maximum absolute atomic E-state index is 12.3. The second kappa shape index (κ2) is 8.45. The van der Waals surface area contributed by atoms with E-state index < -0.39 is 47.3 Å². The number of halogens is 1. The van der Waals surface area contributed by atoms with E-state index in [0.717, 1.165) is 15.2 Å². The first-order valence-electron chi connectivity index (χ1n) is 7.53. The first-order chi connectivity index (χ1) is 12.7. The molecule has 1 aromatic carbocycles. The van der Waals surface area contributed by atoms with Crippen molar-refractivity contribution in [1.82, 2.24) is 15.1 Å². The van der Waals surface area contributed by atoms with Gasteiger partial charge in [-0.25, -0.2) is 4.79 Å². The number of aromatic hydroxyl groups is 1. The lowest BCUT2D eigenvalue weighted by atomic mass is 10.1. The average Bonchev–Trinajstić information content (AvgIpc) is 2.59. The third kappa shape index (κ3) is 5.14. The van der Waals surface area contributed by atoms with Gasteiger partial charge < -0.3 is 20.6 Å². The number of amides is 1. The molecule has 0 spiro atoms. The summed E-state index contributed by atoms with van der Waals surface area (Å²) in [5, 5.41) is 33.5. The number of carbonyl (C=O) groups excluding carboxylic acids is 1. The van der Waals surface area contributed by atoms with Gasteiger partial charge in [-0.3, -0.25) is 14.4 Å². The second-order valence-corrected chi connectivity index (χ2v) is 6.32. The van der Waals surface area contributed by atoms with Crippen molar-refractivity contribution in [2.24, 2.45) is 0 Å². The molecule has 11 heteroatoms. The van der Waals surface area contributed by atoms with Gasteiger partial charge in [0.25, 0.3) is 11.5 Å². The van der Waals surface area contributed by atoms with Gasteiger partial charge in [0.1, 0.15) is 6.04 Å². The zero-order valence-corrected chi connectivity index (χ0v) is 15.2. The molecule has 0 aliphatic carbocycles. The highest BCUT2D eigenvalue weighted by Gasteiger charge is 2.25. The van der Waals surface area contributed by atoms with Crippen molar-refractivity contribution in [3.8, 4) is 11.4 Å². The van der Waals surface area contributed by atoms with Crippen LogP contribution in [0.4, 0.5) is 0 Å². The molecule has 0 saturated heterocycles. The maximum Gasteiger partial charge on any atom is 0.326 e. The molecule has 0 radical (unpaired) electrons. The summed E-state index contributed by atoms with van der Waals surface area (Å²) in [6.07, 6.45) is -0.835. The van der Waals surface area contributed by atoms with Crippen LogP contribution in [-0.2, 0) is 9.59 Å². The molecular formula is C16H14BrN3O7. The Hall–Kier alpha value is -3.21. The Kier molecular flexibility index (Phi) is 6.29. The number of aromatic nitrogens is 2. The van der Waals surface area contributed by atoms with Gasteiger partial charge >= 0.3 is 11.9 Å². The molecule has 0 aliphatic rings. The first kappa shape index (κ1) is 20.1. The summed E-state index contributed by atoms with van der Waals surface area (Å²) in [5.41, 5.74) is -0.955. The van der Waals surface area contributed by atoms with Crippen LogP contribution in [0.3, 0.4) is 0 Å². The highest BCUT2D eigenvalue weighted by atomic mass is 79.9. The normalized spacial score (nSPS) is 11.6. The summed E-state index contributed by atoms with van der Waals surface area (Å²) in [7, 11) is 0. The van der Waals surface area contributed by atoms with Crippen molar-refractivity contribution in [2.75, 3.05) is 0 Å². The number of aliphatic carboxylic acids is 2. The van der Waals surface area contributed by atoms with Crippen molar-refractivity contribution >= 4 is 33.8 Å². The Balaban J connectivity index is 2.33. The second-order valence-electron chi connectivity index (χ2n) is 5.40. The lowest BCUT2D eigenvalue weighted by Crippen LogP contribution is -2.42. The number of benzene rings is 1. The Morgan fingerprint density at radius 2 is 1.81 bits per heavy atom. The third-order valence-corrected chi connectivity index (χ3v) is 3.98. The SMILES string of the molecule is O=C(O)CCC(NC(=O)c1nn(-c2ccc(Br)cc2)c(=O)cc1O)C(=O)O. The van der Waals surface area contributed by atoms with Crippen LogP contribution in [0, 0.1) is 0 Å². The number of nitrogens with zero attached hydrogens (tertiary/aromatic N) is 2. The van der Waals surface area contributed by atoms with Gasteiger partial charge in [0.05, 0.1) is 5.69 Å². The molecule has 1 heterocycles. The summed E-state index contributed by atoms with van der Waals surface area (Å²) < 4.78 is 1.62. The molecular weight excluding hydrogens is 426 g/mol. The molecule has 0 bridgehead atoms. The quantitative estimate of drug-likeness (QED) is 0.491. The van der Waals surface area contributed by atoms with Crippen LogP contribution in [0.15, 0.2) is 39.6 Å². The molecule has 10 nitrogen and oxygen atoms in total. The summed E-state index contributed by atoms with van der Waals surface area (Å²) in [6.45, 7) is 0. The van der Waals surface area contributed by atoms with E-state index in [0.29, 0.717) is 5.69 Å². The Bertz CT molecular complexity index is 940. The molecule has 0 fully saturated rings. The van der Waals surface area contributed by atoms with Crippen LogP contribution in [0.25, 0.3) is 5.69 Å². The van der Waals surface area contributed by atoms with Crippen LogP contribution in [0.1, 0.15) is 23.3 Å². The van der Waals surface area contributed by atoms with Gasteiger partial charge in [-0.15, -0.1) is 0 Å². The average molecular weight is 440 g/mol. The summed E-state index contributed by atoms with van der Waals surface area (Å²) in [5.74, 6) is -4.45. The molecule has 0 saturated carbocycles. The van der Waals surface area contributed by atoms with Crippen LogP contribution in [-0.4, -0.2) is 49.0 Å². The zero-order valence-electron chi connectivity index (χ0n) is 13.6. The van der Waals surface area contributed by atoms with Gasteiger partial charge in [0, 0.05) is 17.0 Å². The Morgan fingerprint density at radius 3 is 2.37 bits per heavy atom. The molecule has 1 amide bonds. The summed E-state index contributed by atoms with van der Waals surface area (Å²) in [6, 6.07) is 5.65. The topological polar surface area (TPSA) is 159 Å². The van der Waals surface area contributed by atoms with E-state index in [1.165, 1.54) is 0 Å². The minimum absolute atomic E-state index is 0.318. The number of rotatable bonds is 7. The van der Waals surface area contributed by atoms with E-state index in [4.69, 9.17) is 10.2 Å². The van der Waals surface area contributed by atoms with Crippen molar-refractivity contribution in [3.63, 3.8) is 0 Å². The lowest BCUT2D eigenvalue weighted by Gasteiger charge is -2.14. The number of carbonyl (C=O) groups is 3. The van der Waals surface area contributed by atoms with Crippen LogP contribution in [0.2, 0.25) is 0 Å². The van der Waals surface area contributed by atoms with E-state index in [2.05, 4.69) is 26.3 Å². The molecule has 1 aromatic heterocycles. The predicted octanol–water partition coefficient (Wildman–Crippen LogP) is 0.748. The highest BCUT2D eigenvalue weighted by molar-refractivity contribution is 9.10. The van der Waals surface area contributed by atoms with Gasteiger partial charge in [-0.05, 0) is 30.7 Å².